The predicted molar refractivity (Wildman–Crippen MR) is 56.5 cm³/mol. The Hall–Kier alpha value is -0.500. The van der Waals surface area contributed by atoms with Crippen molar-refractivity contribution in [1.82, 2.24) is 4.98 Å². The van der Waals surface area contributed by atoms with Gasteiger partial charge in [-0.05, 0) is 34.2 Å². The van der Waals surface area contributed by atoms with Gasteiger partial charge in [-0.15, -0.1) is 0 Å². The lowest BCUT2D eigenvalue weighted by Crippen LogP contribution is -2.07. The monoisotopic (exact) mass is 332 g/mol. The molecule has 0 spiro atoms. The molecule has 0 aliphatic carbocycles. The van der Waals surface area contributed by atoms with Crippen LogP contribution in [0, 0.1) is 3.70 Å². The highest BCUT2D eigenvalue weighted by Gasteiger charge is 2.23. The molecule has 0 radical (unpaired) electrons. The molecule has 0 atom stereocenters. The summed E-state index contributed by atoms with van der Waals surface area (Å²) in [5.74, 6) is 0. The Balaban J connectivity index is 3.50. The summed E-state index contributed by atoms with van der Waals surface area (Å²) < 4.78 is 25.1. The normalized spacial score (nSPS) is 10.6. The number of hydrogen-bond acceptors (Lipinski definition) is 3. The third kappa shape index (κ3) is 2.11. The number of rotatable bonds is 2. The smallest absolute Gasteiger partial charge is 0.267 e. The van der Waals surface area contributed by atoms with Crippen molar-refractivity contribution in [2.75, 3.05) is 5.73 Å². The van der Waals surface area contributed by atoms with Crippen LogP contribution in [-0.2, 0) is 0 Å². The van der Waals surface area contributed by atoms with E-state index in [1.54, 1.807) is 22.6 Å². The molecule has 1 aromatic rings. The first-order chi connectivity index (χ1) is 6.45. The first-order valence-corrected chi connectivity index (χ1v) is 4.82. The number of halogens is 4. The second-order valence-corrected chi connectivity index (χ2v) is 3.73. The fourth-order valence-electron chi connectivity index (χ4n) is 0.937. The van der Waals surface area contributed by atoms with Gasteiger partial charge in [0.25, 0.3) is 11.7 Å². The van der Waals surface area contributed by atoms with Crippen molar-refractivity contribution < 1.29 is 13.6 Å². The third-order valence-electron chi connectivity index (χ3n) is 1.51. The van der Waals surface area contributed by atoms with E-state index in [0.717, 1.165) is 6.20 Å². The van der Waals surface area contributed by atoms with Crippen molar-refractivity contribution in [1.29, 1.82) is 0 Å². The largest absolute Gasteiger partial charge is 0.397 e. The van der Waals surface area contributed by atoms with Crippen LogP contribution in [0.1, 0.15) is 22.3 Å². The van der Waals surface area contributed by atoms with Gasteiger partial charge in [-0.3, -0.25) is 4.79 Å². The van der Waals surface area contributed by atoms with Crippen molar-refractivity contribution in [2.24, 2.45) is 0 Å². The van der Waals surface area contributed by atoms with E-state index in [1.807, 2.05) is 0 Å². The van der Waals surface area contributed by atoms with E-state index in [4.69, 9.17) is 17.3 Å². The van der Waals surface area contributed by atoms with Crippen molar-refractivity contribution in [3.05, 3.63) is 21.0 Å². The number of pyridine rings is 1. The highest BCUT2D eigenvalue weighted by atomic mass is 127. The summed E-state index contributed by atoms with van der Waals surface area (Å²) in [5, 5.41) is -1.00. The average Bonchev–Trinajstić information content (AvgIpc) is 2.07. The molecule has 0 saturated carbocycles. The zero-order valence-electron chi connectivity index (χ0n) is 6.60. The minimum atomic E-state index is -2.82. The summed E-state index contributed by atoms with van der Waals surface area (Å²) in [6.07, 6.45) is -1.70. The number of anilines is 1. The molecule has 1 aromatic heterocycles. The number of carbonyl (C=O) groups excluding carboxylic acids is 1. The maximum atomic E-state index is 12.5. The zero-order valence-corrected chi connectivity index (χ0v) is 9.51. The van der Waals surface area contributed by atoms with Crippen LogP contribution in [0.25, 0.3) is 0 Å². The van der Waals surface area contributed by atoms with E-state index in [-0.39, 0.29) is 15.0 Å². The molecule has 76 valence electrons. The maximum Gasteiger partial charge on any atom is 0.267 e. The second-order valence-electron chi connectivity index (χ2n) is 2.37. The first kappa shape index (κ1) is 11.6. The highest BCUT2D eigenvalue weighted by molar-refractivity contribution is 14.1. The Morgan fingerprint density at radius 1 is 1.64 bits per heavy atom. The van der Waals surface area contributed by atoms with E-state index in [2.05, 4.69) is 4.98 Å². The number of hydrogen-bond donors (Lipinski definition) is 1. The van der Waals surface area contributed by atoms with Crippen LogP contribution in [0.15, 0.2) is 6.20 Å². The molecule has 0 amide bonds. The standard InChI is InChI=1S/C7H4ClF2IN2O/c8-5(14)3-2(12)1-13-7(11)4(3)6(9)10/h1,6H,12H2. The molecule has 0 aliphatic heterocycles. The molecule has 0 unspecified atom stereocenters. The number of aromatic nitrogens is 1. The molecule has 1 rings (SSSR count). The predicted octanol–water partition coefficient (Wildman–Crippen LogP) is 2.59. The van der Waals surface area contributed by atoms with Gasteiger partial charge >= 0.3 is 0 Å². The van der Waals surface area contributed by atoms with Crippen LogP contribution in [0.3, 0.4) is 0 Å². The van der Waals surface area contributed by atoms with Gasteiger partial charge in [0.2, 0.25) is 0 Å². The summed E-state index contributed by atoms with van der Waals surface area (Å²) in [6.45, 7) is 0. The number of nitrogens with two attached hydrogens (primary N) is 1. The van der Waals surface area contributed by atoms with E-state index in [9.17, 15) is 13.6 Å². The van der Waals surface area contributed by atoms with Crippen LogP contribution in [-0.4, -0.2) is 10.2 Å². The molecule has 0 aromatic carbocycles. The number of nitrogen functional groups attached to an aromatic ring is 1. The SMILES string of the molecule is Nc1cnc(I)c(C(F)F)c1C(=O)Cl. The van der Waals surface area contributed by atoms with Crippen molar-refractivity contribution >= 4 is 45.1 Å². The summed E-state index contributed by atoms with van der Waals surface area (Å²) in [6, 6.07) is 0. The minimum Gasteiger partial charge on any atom is -0.397 e. The fourth-order valence-corrected chi connectivity index (χ4v) is 1.79. The topological polar surface area (TPSA) is 56.0 Å². The molecular formula is C7H4ClF2IN2O. The zero-order chi connectivity index (χ0) is 10.9. The van der Waals surface area contributed by atoms with E-state index >= 15 is 0 Å². The molecule has 14 heavy (non-hydrogen) atoms. The molecule has 7 heteroatoms. The average molecular weight is 332 g/mol. The lowest BCUT2D eigenvalue weighted by molar-refractivity contribution is 0.106. The third-order valence-corrected chi connectivity index (χ3v) is 2.56. The Bertz CT molecular complexity index is 386. The Morgan fingerprint density at radius 3 is 2.57 bits per heavy atom. The van der Waals surface area contributed by atoms with Crippen LogP contribution in [0.5, 0.6) is 0 Å². The lowest BCUT2D eigenvalue weighted by atomic mass is 10.1. The Labute approximate surface area is 96.8 Å². The summed E-state index contributed by atoms with van der Waals surface area (Å²) in [7, 11) is 0. The lowest BCUT2D eigenvalue weighted by Gasteiger charge is -2.08. The van der Waals surface area contributed by atoms with Gasteiger partial charge in [-0.25, -0.2) is 13.8 Å². The van der Waals surface area contributed by atoms with Gasteiger partial charge in [0.05, 0.1) is 23.0 Å². The van der Waals surface area contributed by atoms with E-state index in [1.165, 1.54) is 0 Å². The molecule has 1 heterocycles. The molecule has 2 N–H and O–H groups in total. The summed E-state index contributed by atoms with van der Waals surface area (Å²) in [4.78, 5) is 14.5. The second kappa shape index (κ2) is 4.35. The number of carbonyl (C=O) groups is 1. The molecular weight excluding hydrogens is 328 g/mol. The van der Waals surface area contributed by atoms with Crippen LogP contribution >= 0.6 is 34.2 Å². The molecule has 0 fully saturated rings. The molecule has 3 nitrogen and oxygen atoms in total. The van der Waals surface area contributed by atoms with Gasteiger partial charge in [0.1, 0.15) is 3.70 Å². The summed E-state index contributed by atoms with van der Waals surface area (Å²) in [5.41, 5.74) is 4.32. The van der Waals surface area contributed by atoms with Gasteiger partial charge < -0.3 is 5.73 Å². The Kier molecular flexibility index (Phi) is 3.59. The van der Waals surface area contributed by atoms with Gasteiger partial charge in [-0.1, -0.05) is 0 Å². The van der Waals surface area contributed by atoms with Crippen LogP contribution < -0.4 is 5.73 Å². The fraction of sp³-hybridized carbons (Fsp3) is 0.143. The molecule has 0 saturated heterocycles. The van der Waals surface area contributed by atoms with Gasteiger partial charge in [0.15, 0.2) is 0 Å². The van der Waals surface area contributed by atoms with Crippen molar-refractivity contribution in [3.8, 4) is 0 Å². The molecule has 0 bridgehead atoms. The van der Waals surface area contributed by atoms with Crippen LogP contribution in [0.4, 0.5) is 14.5 Å². The number of nitrogens with zero attached hydrogens (tertiary/aromatic N) is 1. The van der Waals surface area contributed by atoms with E-state index < -0.39 is 17.2 Å². The first-order valence-electron chi connectivity index (χ1n) is 3.37. The van der Waals surface area contributed by atoms with Gasteiger partial charge in [0, 0.05) is 0 Å². The summed E-state index contributed by atoms with van der Waals surface area (Å²) >= 11 is 6.74. The Morgan fingerprint density at radius 2 is 2.21 bits per heavy atom. The van der Waals surface area contributed by atoms with Crippen molar-refractivity contribution in [2.45, 2.75) is 6.43 Å². The molecule has 0 aliphatic rings. The number of alkyl halides is 2. The van der Waals surface area contributed by atoms with Crippen molar-refractivity contribution in [3.63, 3.8) is 0 Å². The minimum absolute atomic E-state index is 0.0239. The highest BCUT2D eigenvalue weighted by Crippen LogP contribution is 2.30. The van der Waals surface area contributed by atoms with Crippen LogP contribution in [0.2, 0.25) is 0 Å². The van der Waals surface area contributed by atoms with Gasteiger partial charge in [-0.2, -0.15) is 0 Å². The van der Waals surface area contributed by atoms with E-state index in [0.29, 0.717) is 0 Å². The quantitative estimate of drug-likeness (QED) is 0.514. The maximum absolute atomic E-state index is 12.5.